The number of rotatable bonds is 5. The Kier molecular flexibility index (Phi) is 5.94. The van der Waals surface area contributed by atoms with Crippen molar-refractivity contribution in [3.63, 3.8) is 0 Å². The fraction of sp³-hybridized carbons (Fsp3) is 0.700. The third kappa shape index (κ3) is 4.41. The zero-order chi connectivity index (χ0) is 18.8. The maximum absolute atomic E-state index is 13.2. The van der Waals surface area contributed by atoms with E-state index in [0.29, 0.717) is 31.0 Å². The van der Waals surface area contributed by atoms with Crippen LogP contribution in [0.15, 0.2) is 24.3 Å². The first-order chi connectivity index (χ1) is 12.3. The molecule has 0 bridgehead atoms. The molecule has 2 aliphatic rings. The van der Waals surface area contributed by atoms with Crippen LogP contribution in [0.1, 0.15) is 55.6 Å². The molecule has 1 unspecified atom stereocenters. The fourth-order valence-corrected chi connectivity index (χ4v) is 4.52. The van der Waals surface area contributed by atoms with Gasteiger partial charge in [-0.2, -0.15) is 13.2 Å². The number of likely N-dealkylation sites (tertiary alicyclic amines) is 1. The quantitative estimate of drug-likeness (QED) is 0.828. The Hall–Kier alpha value is -1.11. The molecule has 3 rings (SSSR count). The number of hydrogen-bond acceptors (Lipinski definition) is 3. The zero-order valence-electron chi connectivity index (χ0n) is 15.4. The molecule has 1 aliphatic carbocycles. The first-order valence-electron chi connectivity index (χ1n) is 9.61. The van der Waals surface area contributed by atoms with E-state index in [1.54, 1.807) is 6.07 Å². The first-order valence-corrected chi connectivity index (χ1v) is 9.61. The molecule has 0 aromatic heterocycles. The van der Waals surface area contributed by atoms with Crippen LogP contribution in [0.5, 0.6) is 0 Å². The van der Waals surface area contributed by atoms with Crippen LogP contribution in [0, 0.1) is 0 Å². The monoisotopic (exact) mass is 370 g/mol. The van der Waals surface area contributed by atoms with E-state index in [1.165, 1.54) is 12.1 Å². The SMILES string of the molecule is CN[C@@H]1CCN(CC(c2cccc(C(F)(F)F)c2)C2(O)CCCCC2)C1. The van der Waals surface area contributed by atoms with E-state index in [1.807, 2.05) is 7.05 Å². The molecule has 2 fully saturated rings. The molecule has 0 amide bonds. The normalized spacial score (nSPS) is 25.3. The third-order valence-corrected chi connectivity index (χ3v) is 6.11. The summed E-state index contributed by atoms with van der Waals surface area (Å²) in [4.78, 5) is 2.28. The highest BCUT2D eigenvalue weighted by atomic mass is 19.4. The van der Waals surface area contributed by atoms with Crippen molar-refractivity contribution in [2.75, 3.05) is 26.7 Å². The van der Waals surface area contributed by atoms with Crippen molar-refractivity contribution in [2.24, 2.45) is 0 Å². The van der Waals surface area contributed by atoms with Crippen molar-refractivity contribution < 1.29 is 18.3 Å². The summed E-state index contributed by atoms with van der Waals surface area (Å²) in [6, 6.07) is 5.98. The molecular formula is C20H29F3N2O. The lowest BCUT2D eigenvalue weighted by atomic mass is 9.72. The molecule has 1 heterocycles. The van der Waals surface area contributed by atoms with Gasteiger partial charge in [0, 0.05) is 25.0 Å². The molecule has 1 aromatic carbocycles. The Balaban J connectivity index is 1.88. The second-order valence-corrected chi connectivity index (χ2v) is 7.87. The number of nitrogens with zero attached hydrogens (tertiary/aromatic N) is 1. The topological polar surface area (TPSA) is 35.5 Å². The maximum Gasteiger partial charge on any atom is 0.416 e. The predicted molar refractivity (Wildman–Crippen MR) is 96.1 cm³/mol. The van der Waals surface area contributed by atoms with E-state index in [9.17, 15) is 18.3 Å². The number of aliphatic hydroxyl groups is 1. The first kappa shape index (κ1) is 19.6. The minimum absolute atomic E-state index is 0.291. The van der Waals surface area contributed by atoms with E-state index in [4.69, 9.17) is 0 Å². The van der Waals surface area contributed by atoms with Crippen LogP contribution in [0.3, 0.4) is 0 Å². The van der Waals surface area contributed by atoms with Crippen LogP contribution in [-0.4, -0.2) is 48.3 Å². The van der Waals surface area contributed by atoms with E-state index in [-0.39, 0.29) is 5.92 Å². The smallest absolute Gasteiger partial charge is 0.389 e. The second-order valence-electron chi connectivity index (χ2n) is 7.87. The molecule has 6 heteroatoms. The minimum Gasteiger partial charge on any atom is -0.389 e. The molecule has 1 aromatic rings. The van der Waals surface area contributed by atoms with Gasteiger partial charge in [-0.1, -0.05) is 37.5 Å². The summed E-state index contributed by atoms with van der Waals surface area (Å²) in [5.41, 5.74) is -0.939. The van der Waals surface area contributed by atoms with Crippen LogP contribution >= 0.6 is 0 Å². The van der Waals surface area contributed by atoms with Crippen LogP contribution in [-0.2, 0) is 6.18 Å². The Morgan fingerprint density at radius 1 is 1.27 bits per heavy atom. The third-order valence-electron chi connectivity index (χ3n) is 6.11. The fourth-order valence-electron chi connectivity index (χ4n) is 4.52. The van der Waals surface area contributed by atoms with Crippen LogP contribution in [0.25, 0.3) is 0 Å². The van der Waals surface area contributed by atoms with Crippen LogP contribution in [0.4, 0.5) is 13.2 Å². The Morgan fingerprint density at radius 3 is 2.62 bits per heavy atom. The zero-order valence-corrected chi connectivity index (χ0v) is 15.4. The average Bonchev–Trinajstić information content (AvgIpc) is 3.07. The lowest BCUT2D eigenvalue weighted by Crippen LogP contribution is -2.44. The molecule has 0 radical (unpaired) electrons. The molecule has 1 saturated carbocycles. The highest BCUT2D eigenvalue weighted by molar-refractivity contribution is 5.31. The van der Waals surface area contributed by atoms with Gasteiger partial charge in [0.15, 0.2) is 0 Å². The van der Waals surface area contributed by atoms with Gasteiger partial charge in [0.2, 0.25) is 0 Å². The summed E-state index contributed by atoms with van der Waals surface area (Å²) in [5, 5.41) is 14.6. The standard InChI is InChI=1S/C20H29F3N2O/c1-24-17-8-11-25(13-17)14-18(19(26)9-3-2-4-10-19)15-6-5-7-16(12-15)20(21,22)23/h5-7,12,17-18,24,26H,2-4,8-11,13-14H2,1H3/t17-,18?/m1/s1. The van der Waals surface area contributed by atoms with Crippen molar-refractivity contribution in [2.45, 2.75) is 62.3 Å². The van der Waals surface area contributed by atoms with E-state index < -0.39 is 17.3 Å². The number of likely N-dealkylation sites (N-methyl/N-ethyl adjacent to an activating group) is 1. The molecule has 3 nitrogen and oxygen atoms in total. The Labute approximate surface area is 153 Å². The molecule has 1 aliphatic heterocycles. The molecule has 26 heavy (non-hydrogen) atoms. The van der Waals surface area contributed by atoms with Crippen LogP contribution < -0.4 is 5.32 Å². The molecule has 2 atom stereocenters. The predicted octanol–water partition coefficient (Wildman–Crippen LogP) is 3.78. The van der Waals surface area contributed by atoms with E-state index >= 15 is 0 Å². The number of benzene rings is 1. The molecule has 1 saturated heterocycles. The van der Waals surface area contributed by atoms with Gasteiger partial charge in [0.25, 0.3) is 0 Å². The van der Waals surface area contributed by atoms with Crippen LogP contribution in [0.2, 0.25) is 0 Å². The van der Waals surface area contributed by atoms with Crippen molar-refractivity contribution >= 4 is 0 Å². The molecule has 146 valence electrons. The minimum atomic E-state index is -4.36. The van der Waals surface area contributed by atoms with Crippen molar-refractivity contribution in [3.8, 4) is 0 Å². The second kappa shape index (κ2) is 7.87. The van der Waals surface area contributed by atoms with E-state index in [0.717, 1.165) is 44.8 Å². The van der Waals surface area contributed by atoms with Gasteiger partial charge in [0.05, 0.1) is 11.2 Å². The molecule has 2 N–H and O–H groups in total. The Morgan fingerprint density at radius 2 is 2.00 bits per heavy atom. The number of hydrogen-bond donors (Lipinski definition) is 2. The highest BCUT2D eigenvalue weighted by Crippen LogP contribution is 2.42. The highest BCUT2D eigenvalue weighted by Gasteiger charge is 2.41. The summed E-state index contributed by atoms with van der Waals surface area (Å²) in [6.45, 7) is 2.40. The summed E-state index contributed by atoms with van der Waals surface area (Å²) in [7, 11) is 1.94. The van der Waals surface area contributed by atoms with Gasteiger partial charge in [-0.3, -0.25) is 0 Å². The van der Waals surface area contributed by atoms with Gasteiger partial charge in [-0.15, -0.1) is 0 Å². The summed E-state index contributed by atoms with van der Waals surface area (Å²) < 4.78 is 39.6. The molecular weight excluding hydrogens is 341 g/mol. The summed E-state index contributed by atoms with van der Waals surface area (Å²) in [6.07, 6.45) is 0.957. The van der Waals surface area contributed by atoms with E-state index in [2.05, 4.69) is 10.2 Å². The summed E-state index contributed by atoms with van der Waals surface area (Å²) in [5.74, 6) is -0.291. The van der Waals surface area contributed by atoms with Gasteiger partial charge in [-0.05, 0) is 44.5 Å². The van der Waals surface area contributed by atoms with Gasteiger partial charge in [0.1, 0.15) is 0 Å². The van der Waals surface area contributed by atoms with Gasteiger partial charge in [-0.25, -0.2) is 0 Å². The number of alkyl halides is 3. The lowest BCUT2D eigenvalue weighted by molar-refractivity contribution is -0.137. The Bertz CT molecular complexity index is 599. The van der Waals surface area contributed by atoms with Crippen molar-refractivity contribution in [1.29, 1.82) is 0 Å². The van der Waals surface area contributed by atoms with Gasteiger partial charge < -0.3 is 15.3 Å². The van der Waals surface area contributed by atoms with Gasteiger partial charge >= 0.3 is 6.18 Å². The summed E-state index contributed by atoms with van der Waals surface area (Å²) >= 11 is 0. The average molecular weight is 370 g/mol. The number of halogens is 3. The lowest BCUT2D eigenvalue weighted by Gasteiger charge is -2.41. The van der Waals surface area contributed by atoms with Crippen molar-refractivity contribution in [3.05, 3.63) is 35.4 Å². The number of nitrogens with one attached hydrogen (secondary N) is 1. The van der Waals surface area contributed by atoms with Crippen molar-refractivity contribution in [1.82, 2.24) is 10.2 Å². The maximum atomic E-state index is 13.2. The largest absolute Gasteiger partial charge is 0.416 e. The molecule has 0 spiro atoms.